The molecule has 0 aliphatic carbocycles. The maximum absolute atomic E-state index is 12.1. The SMILES string of the molecule is CC(C)(C)c1cc(NC(=O)CNc2cccc3ccccc23)on1. The maximum atomic E-state index is 12.1. The second-order valence-corrected chi connectivity index (χ2v) is 6.75. The van der Waals surface area contributed by atoms with Crippen LogP contribution in [0.1, 0.15) is 26.5 Å². The van der Waals surface area contributed by atoms with Crippen LogP contribution < -0.4 is 10.6 Å². The van der Waals surface area contributed by atoms with E-state index in [-0.39, 0.29) is 17.9 Å². The lowest BCUT2D eigenvalue weighted by atomic mass is 9.92. The first kappa shape index (κ1) is 16.1. The minimum Gasteiger partial charge on any atom is -0.376 e. The molecule has 5 heteroatoms. The zero-order valence-corrected chi connectivity index (χ0v) is 14.1. The van der Waals surface area contributed by atoms with Crippen LogP contribution in [-0.2, 0) is 10.2 Å². The molecule has 1 heterocycles. The third kappa shape index (κ3) is 3.56. The molecule has 0 fully saturated rings. The lowest BCUT2D eigenvalue weighted by Crippen LogP contribution is -2.21. The van der Waals surface area contributed by atoms with Gasteiger partial charge in [-0.05, 0) is 11.5 Å². The molecule has 2 N–H and O–H groups in total. The van der Waals surface area contributed by atoms with E-state index in [1.54, 1.807) is 6.07 Å². The standard InChI is InChI=1S/C19H21N3O2/c1-19(2,3)16-11-18(24-22-16)21-17(23)12-20-15-10-6-8-13-7-4-5-9-14(13)15/h4-11,20H,12H2,1-3H3,(H,21,23). The Kier molecular flexibility index (Phi) is 4.25. The fraction of sp³-hybridized carbons (Fsp3) is 0.263. The van der Waals surface area contributed by atoms with Gasteiger partial charge < -0.3 is 9.84 Å². The quantitative estimate of drug-likeness (QED) is 0.756. The number of aromatic nitrogens is 1. The number of carbonyl (C=O) groups is 1. The average Bonchev–Trinajstić information content (AvgIpc) is 3.01. The number of hydrogen-bond donors (Lipinski definition) is 2. The number of fused-ring (bicyclic) bond motifs is 1. The first-order chi connectivity index (χ1) is 11.4. The largest absolute Gasteiger partial charge is 0.376 e. The average molecular weight is 323 g/mol. The Morgan fingerprint density at radius 1 is 1.12 bits per heavy atom. The molecular formula is C19H21N3O2. The Bertz CT molecular complexity index is 857. The van der Waals surface area contributed by atoms with Gasteiger partial charge in [-0.15, -0.1) is 0 Å². The number of benzene rings is 2. The third-order valence-electron chi connectivity index (χ3n) is 3.77. The first-order valence-electron chi connectivity index (χ1n) is 7.92. The summed E-state index contributed by atoms with van der Waals surface area (Å²) in [4.78, 5) is 12.1. The highest BCUT2D eigenvalue weighted by molar-refractivity contribution is 5.97. The minimum atomic E-state index is -0.181. The summed E-state index contributed by atoms with van der Waals surface area (Å²) in [5.41, 5.74) is 1.62. The summed E-state index contributed by atoms with van der Waals surface area (Å²) >= 11 is 0. The van der Waals surface area contributed by atoms with Gasteiger partial charge in [-0.2, -0.15) is 0 Å². The topological polar surface area (TPSA) is 67.2 Å². The Balaban J connectivity index is 1.64. The Morgan fingerprint density at radius 2 is 1.88 bits per heavy atom. The van der Waals surface area contributed by atoms with E-state index in [1.165, 1.54) is 0 Å². The van der Waals surface area contributed by atoms with Crippen LogP contribution in [0.25, 0.3) is 10.8 Å². The minimum absolute atomic E-state index is 0.117. The van der Waals surface area contributed by atoms with Crippen molar-refractivity contribution < 1.29 is 9.32 Å². The summed E-state index contributed by atoms with van der Waals surface area (Å²) in [5, 5.41) is 12.1. The Hall–Kier alpha value is -2.82. The van der Waals surface area contributed by atoms with Gasteiger partial charge in [0.25, 0.3) is 0 Å². The van der Waals surface area contributed by atoms with Crippen LogP contribution in [0, 0.1) is 0 Å². The van der Waals surface area contributed by atoms with Gasteiger partial charge >= 0.3 is 0 Å². The fourth-order valence-electron chi connectivity index (χ4n) is 2.42. The number of nitrogens with one attached hydrogen (secondary N) is 2. The molecule has 1 amide bonds. The highest BCUT2D eigenvalue weighted by atomic mass is 16.5. The van der Waals surface area contributed by atoms with E-state index in [9.17, 15) is 4.79 Å². The third-order valence-corrected chi connectivity index (χ3v) is 3.77. The highest BCUT2D eigenvalue weighted by Crippen LogP contribution is 2.24. The molecule has 1 aromatic heterocycles. The first-order valence-corrected chi connectivity index (χ1v) is 7.92. The second-order valence-electron chi connectivity index (χ2n) is 6.75. The lowest BCUT2D eigenvalue weighted by Gasteiger charge is -2.12. The predicted octanol–water partition coefficient (Wildman–Crippen LogP) is 4.18. The van der Waals surface area contributed by atoms with Crippen molar-refractivity contribution >= 4 is 28.3 Å². The molecule has 0 unspecified atom stereocenters. The Labute approximate surface area is 141 Å². The van der Waals surface area contributed by atoms with Gasteiger partial charge in [0.05, 0.1) is 12.2 Å². The van der Waals surface area contributed by atoms with Crippen molar-refractivity contribution in [3.05, 3.63) is 54.2 Å². The van der Waals surface area contributed by atoms with Crippen molar-refractivity contribution in [1.29, 1.82) is 0 Å². The van der Waals surface area contributed by atoms with Gasteiger partial charge in [0.1, 0.15) is 0 Å². The predicted molar refractivity (Wildman–Crippen MR) is 96.3 cm³/mol. The van der Waals surface area contributed by atoms with Gasteiger partial charge in [0.2, 0.25) is 11.8 Å². The van der Waals surface area contributed by atoms with Crippen molar-refractivity contribution in [3.8, 4) is 0 Å². The molecule has 2 aromatic carbocycles. The van der Waals surface area contributed by atoms with Crippen LogP contribution in [0.15, 0.2) is 53.1 Å². The van der Waals surface area contributed by atoms with Crippen LogP contribution in [0.2, 0.25) is 0 Å². The molecule has 0 saturated heterocycles. The molecule has 5 nitrogen and oxygen atoms in total. The van der Waals surface area contributed by atoms with E-state index < -0.39 is 0 Å². The molecule has 124 valence electrons. The molecule has 3 aromatic rings. The van der Waals surface area contributed by atoms with Gasteiger partial charge in [-0.3, -0.25) is 10.1 Å². The van der Waals surface area contributed by atoms with Crippen molar-refractivity contribution in [2.24, 2.45) is 0 Å². The summed E-state index contributed by atoms with van der Waals surface area (Å²) in [6.07, 6.45) is 0. The summed E-state index contributed by atoms with van der Waals surface area (Å²) in [6.45, 7) is 6.27. The van der Waals surface area contributed by atoms with Crippen LogP contribution in [0.3, 0.4) is 0 Å². The monoisotopic (exact) mass is 323 g/mol. The van der Waals surface area contributed by atoms with Crippen molar-refractivity contribution in [3.63, 3.8) is 0 Å². The number of rotatable bonds is 4. The molecule has 0 spiro atoms. The smallest absolute Gasteiger partial charge is 0.246 e. The molecule has 0 atom stereocenters. The van der Waals surface area contributed by atoms with Crippen molar-refractivity contribution in [2.75, 3.05) is 17.2 Å². The van der Waals surface area contributed by atoms with E-state index >= 15 is 0 Å². The van der Waals surface area contributed by atoms with Crippen LogP contribution >= 0.6 is 0 Å². The molecule has 0 aliphatic rings. The summed E-state index contributed by atoms with van der Waals surface area (Å²) in [7, 11) is 0. The van der Waals surface area contributed by atoms with E-state index in [4.69, 9.17) is 4.52 Å². The highest BCUT2D eigenvalue weighted by Gasteiger charge is 2.19. The van der Waals surface area contributed by atoms with E-state index in [0.29, 0.717) is 5.88 Å². The molecule has 24 heavy (non-hydrogen) atoms. The number of hydrogen-bond acceptors (Lipinski definition) is 4. The van der Waals surface area contributed by atoms with E-state index in [1.807, 2.05) is 63.2 Å². The molecule has 0 bridgehead atoms. The van der Waals surface area contributed by atoms with Gasteiger partial charge in [0, 0.05) is 22.6 Å². The van der Waals surface area contributed by atoms with Gasteiger partial charge in [0.15, 0.2) is 0 Å². The van der Waals surface area contributed by atoms with Crippen LogP contribution in [-0.4, -0.2) is 17.6 Å². The molecule has 0 aliphatic heterocycles. The zero-order chi connectivity index (χ0) is 17.2. The van der Waals surface area contributed by atoms with Gasteiger partial charge in [-0.25, -0.2) is 0 Å². The summed E-state index contributed by atoms with van der Waals surface area (Å²) in [6, 6.07) is 15.8. The number of nitrogens with zero attached hydrogens (tertiary/aromatic N) is 1. The number of carbonyl (C=O) groups excluding carboxylic acids is 1. The fourth-order valence-corrected chi connectivity index (χ4v) is 2.42. The van der Waals surface area contributed by atoms with Crippen LogP contribution in [0.5, 0.6) is 0 Å². The molecule has 0 radical (unpaired) electrons. The Morgan fingerprint density at radius 3 is 2.62 bits per heavy atom. The normalized spacial score (nSPS) is 11.5. The lowest BCUT2D eigenvalue weighted by molar-refractivity contribution is -0.114. The number of amides is 1. The van der Waals surface area contributed by atoms with Crippen LogP contribution in [0.4, 0.5) is 11.6 Å². The molecule has 3 rings (SSSR count). The maximum Gasteiger partial charge on any atom is 0.246 e. The summed E-state index contributed by atoms with van der Waals surface area (Å²) < 4.78 is 5.17. The second kappa shape index (κ2) is 6.35. The summed E-state index contributed by atoms with van der Waals surface area (Å²) in [5.74, 6) is 0.184. The number of anilines is 2. The van der Waals surface area contributed by atoms with Crippen molar-refractivity contribution in [1.82, 2.24) is 5.16 Å². The molecular weight excluding hydrogens is 302 g/mol. The molecule has 0 saturated carbocycles. The van der Waals surface area contributed by atoms with Gasteiger partial charge in [-0.1, -0.05) is 62.3 Å². The van der Waals surface area contributed by atoms with E-state index in [0.717, 1.165) is 22.2 Å². The van der Waals surface area contributed by atoms with E-state index in [2.05, 4.69) is 15.8 Å². The zero-order valence-electron chi connectivity index (χ0n) is 14.1. The van der Waals surface area contributed by atoms with Crippen molar-refractivity contribution in [2.45, 2.75) is 26.2 Å².